The van der Waals surface area contributed by atoms with Gasteiger partial charge < -0.3 is 19.1 Å². The van der Waals surface area contributed by atoms with E-state index in [-0.39, 0.29) is 18.2 Å². The second-order valence-electron chi connectivity index (χ2n) is 11.2. The molecular weight excluding hydrogens is 563 g/mol. The van der Waals surface area contributed by atoms with E-state index in [2.05, 4.69) is 22.9 Å². The van der Waals surface area contributed by atoms with Crippen molar-refractivity contribution >= 4 is 22.5 Å². The molecule has 0 bridgehead atoms. The monoisotopic (exact) mass is 597 g/mol. The van der Waals surface area contributed by atoms with Crippen molar-refractivity contribution in [3.05, 3.63) is 132 Å². The first-order chi connectivity index (χ1) is 21.3. The number of aryl methyl sites for hydroxylation is 1. The number of carbonyl (C=O) groups excluding carboxylic acids is 1. The molecule has 0 radical (unpaired) electrons. The van der Waals surface area contributed by atoms with Crippen LogP contribution in [0.15, 0.2) is 109 Å². The Morgan fingerprint density at radius 3 is 2.34 bits per heavy atom. The van der Waals surface area contributed by atoms with Crippen molar-refractivity contribution in [3.63, 3.8) is 0 Å². The Morgan fingerprint density at radius 2 is 1.57 bits per heavy atom. The number of nitrogens with zero attached hydrogens (tertiary/aromatic N) is 3. The largest absolute Gasteiger partial charge is 0.489 e. The molecule has 8 heteroatoms. The molecule has 0 saturated carbocycles. The zero-order valence-corrected chi connectivity index (χ0v) is 24.5. The molecule has 0 N–H and O–H groups in total. The highest BCUT2D eigenvalue weighted by atomic mass is 19.4. The number of ether oxygens (including phenoxy) is 1. The Morgan fingerprint density at radius 1 is 0.841 bits per heavy atom. The standard InChI is InChI=1S/C36H34F3N3O2/c1-40-24-33(31-15-5-6-16-34(31)40)32(27-11-7-14-30(21-27)44-25-26-9-3-2-4-10-26)23-35(43)42-19-17-41(18-20-42)29-13-8-12-28(22-29)36(37,38)39/h2-16,21-22,24,32H,17-20,23,25H2,1H3. The zero-order valence-electron chi connectivity index (χ0n) is 24.5. The third-order valence-corrected chi connectivity index (χ3v) is 8.36. The van der Waals surface area contributed by atoms with Crippen LogP contribution in [0.2, 0.25) is 0 Å². The Labute approximate surface area is 255 Å². The lowest BCUT2D eigenvalue weighted by molar-refractivity contribution is -0.137. The molecule has 0 aliphatic carbocycles. The number of carbonyl (C=O) groups is 1. The van der Waals surface area contributed by atoms with Crippen LogP contribution in [-0.4, -0.2) is 41.6 Å². The number of piperazine rings is 1. The zero-order chi connectivity index (χ0) is 30.7. The number of fused-ring (bicyclic) bond motifs is 1. The highest BCUT2D eigenvalue weighted by molar-refractivity contribution is 5.86. The molecule has 1 atom stereocenters. The summed E-state index contributed by atoms with van der Waals surface area (Å²) in [5.41, 5.74) is 4.07. The number of hydrogen-bond acceptors (Lipinski definition) is 3. The molecule has 1 saturated heterocycles. The fraction of sp³-hybridized carbons (Fsp3) is 0.250. The van der Waals surface area contributed by atoms with Gasteiger partial charge in [-0.3, -0.25) is 4.79 Å². The van der Waals surface area contributed by atoms with Gasteiger partial charge in [0, 0.05) is 68.4 Å². The molecule has 6 rings (SSSR count). The number of halogens is 3. The van der Waals surface area contributed by atoms with Crippen LogP contribution in [0.3, 0.4) is 0 Å². The van der Waals surface area contributed by atoms with E-state index in [1.807, 2.05) is 83.6 Å². The van der Waals surface area contributed by atoms with Crippen molar-refractivity contribution in [2.24, 2.45) is 7.05 Å². The molecule has 0 spiro atoms. The van der Waals surface area contributed by atoms with Gasteiger partial charge in [0.05, 0.1) is 5.56 Å². The van der Waals surface area contributed by atoms with E-state index in [0.717, 1.165) is 39.4 Å². The molecule has 226 valence electrons. The van der Waals surface area contributed by atoms with Crippen LogP contribution in [-0.2, 0) is 24.6 Å². The number of alkyl halides is 3. The third-order valence-electron chi connectivity index (χ3n) is 8.36. The fourth-order valence-corrected chi connectivity index (χ4v) is 6.02. The molecule has 1 aliphatic heterocycles. The van der Waals surface area contributed by atoms with Crippen LogP contribution < -0.4 is 9.64 Å². The minimum Gasteiger partial charge on any atom is -0.489 e. The van der Waals surface area contributed by atoms with E-state index in [1.54, 1.807) is 6.07 Å². The molecule has 2 heterocycles. The van der Waals surface area contributed by atoms with Crippen LogP contribution in [0.4, 0.5) is 18.9 Å². The van der Waals surface area contributed by atoms with Gasteiger partial charge in [0.2, 0.25) is 5.91 Å². The molecular formula is C36H34F3N3O2. The maximum absolute atomic E-state index is 13.8. The summed E-state index contributed by atoms with van der Waals surface area (Å²) in [6.45, 7) is 2.26. The second-order valence-corrected chi connectivity index (χ2v) is 11.2. The number of amides is 1. The van der Waals surface area contributed by atoms with Crippen molar-refractivity contribution in [2.75, 3.05) is 31.1 Å². The number of benzene rings is 4. The fourth-order valence-electron chi connectivity index (χ4n) is 6.02. The van der Waals surface area contributed by atoms with E-state index >= 15 is 0 Å². The number of aromatic nitrogens is 1. The van der Waals surface area contributed by atoms with Crippen molar-refractivity contribution < 1.29 is 22.7 Å². The summed E-state index contributed by atoms with van der Waals surface area (Å²) in [4.78, 5) is 17.6. The Balaban J connectivity index is 1.22. The second kappa shape index (κ2) is 12.5. The van der Waals surface area contributed by atoms with E-state index < -0.39 is 11.7 Å². The van der Waals surface area contributed by atoms with Gasteiger partial charge in [-0.25, -0.2) is 0 Å². The molecule has 1 aromatic heterocycles. The average Bonchev–Trinajstić information content (AvgIpc) is 3.38. The van der Waals surface area contributed by atoms with E-state index in [9.17, 15) is 18.0 Å². The number of anilines is 1. The first-order valence-corrected chi connectivity index (χ1v) is 14.8. The molecule has 1 aliphatic rings. The summed E-state index contributed by atoms with van der Waals surface area (Å²) in [6, 6.07) is 31.5. The SMILES string of the molecule is Cn1cc(C(CC(=O)N2CCN(c3cccc(C(F)(F)F)c3)CC2)c2cccc(OCc3ccccc3)c2)c2ccccc21. The van der Waals surface area contributed by atoms with Gasteiger partial charge in [0.25, 0.3) is 0 Å². The van der Waals surface area contributed by atoms with E-state index in [4.69, 9.17) is 4.74 Å². The lowest BCUT2D eigenvalue weighted by Crippen LogP contribution is -2.49. The van der Waals surface area contributed by atoms with Gasteiger partial charge >= 0.3 is 6.18 Å². The first-order valence-electron chi connectivity index (χ1n) is 14.8. The minimum atomic E-state index is -4.39. The summed E-state index contributed by atoms with van der Waals surface area (Å²) >= 11 is 0. The van der Waals surface area contributed by atoms with Crippen LogP contribution in [0.25, 0.3) is 10.9 Å². The lowest BCUT2D eigenvalue weighted by Gasteiger charge is -2.37. The highest BCUT2D eigenvalue weighted by Gasteiger charge is 2.32. The molecule has 5 aromatic rings. The van der Waals surface area contributed by atoms with Crippen molar-refractivity contribution in [1.29, 1.82) is 0 Å². The maximum Gasteiger partial charge on any atom is 0.416 e. The van der Waals surface area contributed by atoms with Gasteiger partial charge in [-0.05, 0) is 53.1 Å². The molecule has 4 aromatic carbocycles. The van der Waals surface area contributed by atoms with Crippen LogP contribution >= 0.6 is 0 Å². The summed E-state index contributed by atoms with van der Waals surface area (Å²) in [5, 5.41) is 1.10. The summed E-state index contributed by atoms with van der Waals surface area (Å²) in [6.07, 6.45) is -2.03. The molecule has 1 fully saturated rings. The van der Waals surface area contributed by atoms with Gasteiger partial charge in [-0.15, -0.1) is 0 Å². The summed E-state index contributed by atoms with van der Waals surface area (Å²) < 4.78 is 48.0. The van der Waals surface area contributed by atoms with Gasteiger partial charge in [-0.2, -0.15) is 13.2 Å². The average molecular weight is 598 g/mol. The van der Waals surface area contributed by atoms with E-state index in [0.29, 0.717) is 38.5 Å². The van der Waals surface area contributed by atoms with Gasteiger partial charge in [0.1, 0.15) is 12.4 Å². The minimum absolute atomic E-state index is 0.0160. The Kier molecular flexibility index (Phi) is 8.33. The normalized spacial score (nSPS) is 14.5. The maximum atomic E-state index is 13.8. The van der Waals surface area contributed by atoms with Crippen molar-refractivity contribution in [2.45, 2.75) is 25.1 Å². The molecule has 1 unspecified atom stereocenters. The van der Waals surface area contributed by atoms with Crippen LogP contribution in [0.1, 0.15) is 34.6 Å². The molecule has 1 amide bonds. The summed E-state index contributed by atoms with van der Waals surface area (Å²) in [7, 11) is 2.01. The van der Waals surface area contributed by atoms with E-state index in [1.165, 1.54) is 12.1 Å². The topological polar surface area (TPSA) is 37.7 Å². The number of rotatable bonds is 8. The number of para-hydroxylation sites is 1. The van der Waals surface area contributed by atoms with Crippen LogP contribution in [0, 0.1) is 0 Å². The van der Waals surface area contributed by atoms with Crippen molar-refractivity contribution in [1.82, 2.24) is 9.47 Å². The van der Waals surface area contributed by atoms with Crippen LogP contribution in [0.5, 0.6) is 5.75 Å². The summed E-state index contributed by atoms with van der Waals surface area (Å²) in [5.74, 6) is 0.538. The third kappa shape index (κ3) is 6.44. The predicted molar refractivity (Wildman–Crippen MR) is 167 cm³/mol. The van der Waals surface area contributed by atoms with Gasteiger partial charge in [0.15, 0.2) is 0 Å². The quantitative estimate of drug-likeness (QED) is 0.185. The molecule has 5 nitrogen and oxygen atoms in total. The first kappa shape index (κ1) is 29.4. The number of hydrogen-bond donors (Lipinski definition) is 0. The van der Waals surface area contributed by atoms with Gasteiger partial charge in [-0.1, -0.05) is 66.7 Å². The predicted octanol–water partition coefficient (Wildman–Crippen LogP) is 7.65. The lowest BCUT2D eigenvalue weighted by atomic mass is 9.87. The highest BCUT2D eigenvalue weighted by Crippen LogP contribution is 2.37. The smallest absolute Gasteiger partial charge is 0.416 e. The Hall–Kier alpha value is -4.72. The molecule has 44 heavy (non-hydrogen) atoms. The Bertz CT molecular complexity index is 1740. The van der Waals surface area contributed by atoms with Crippen molar-refractivity contribution in [3.8, 4) is 5.75 Å².